The van der Waals surface area contributed by atoms with Gasteiger partial charge in [-0.3, -0.25) is 9.59 Å². The van der Waals surface area contributed by atoms with Crippen LogP contribution in [0.25, 0.3) is 10.2 Å². The van der Waals surface area contributed by atoms with Crippen molar-refractivity contribution in [2.75, 3.05) is 5.32 Å². The van der Waals surface area contributed by atoms with Crippen molar-refractivity contribution in [2.45, 2.75) is 33.2 Å². The summed E-state index contributed by atoms with van der Waals surface area (Å²) in [4.78, 5) is 27.0. The van der Waals surface area contributed by atoms with E-state index in [-0.39, 0.29) is 17.9 Å². The third kappa shape index (κ3) is 3.77. The fourth-order valence-electron chi connectivity index (χ4n) is 1.84. The second-order valence-electron chi connectivity index (χ2n) is 4.90. The summed E-state index contributed by atoms with van der Waals surface area (Å²) in [5.41, 5.74) is 1.76. The number of amides is 2. The lowest BCUT2D eigenvalue weighted by molar-refractivity contribution is -0.121. The SMILES string of the molecule is CC(=O)Nc1nc2ccc(CC(=O)NC(C)C)cc2s1. The van der Waals surface area contributed by atoms with E-state index in [0.29, 0.717) is 11.6 Å². The van der Waals surface area contributed by atoms with Gasteiger partial charge in [0.15, 0.2) is 5.13 Å². The van der Waals surface area contributed by atoms with Crippen LogP contribution >= 0.6 is 11.3 Å². The molecule has 2 N–H and O–H groups in total. The predicted molar refractivity (Wildman–Crippen MR) is 80.9 cm³/mol. The van der Waals surface area contributed by atoms with E-state index in [0.717, 1.165) is 15.8 Å². The van der Waals surface area contributed by atoms with Gasteiger partial charge in [-0.25, -0.2) is 4.98 Å². The van der Waals surface area contributed by atoms with Gasteiger partial charge in [-0.05, 0) is 31.5 Å². The molecule has 0 aliphatic heterocycles. The fourth-order valence-corrected chi connectivity index (χ4v) is 2.82. The molecule has 0 saturated carbocycles. The normalized spacial score (nSPS) is 10.8. The molecule has 5 nitrogen and oxygen atoms in total. The van der Waals surface area contributed by atoms with E-state index in [1.54, 1.807) is 0 Å². The van der Waals surface area contributed by atoms with Gasteiger partial charge in [-0.15, -0.1) is 0 Å². The first-order valence-corrected chi connectivity index (χ1v) is 7.22. The second-order valence-corrected chi connectivity index (χ2v) is 5.93. The summed E-state index contributed by atoms with van der Waals surface area (Å²) < 4.78 is 0.962. The maximum absolute atomic E-state index is 11.7. The summed E-state index contributed by atoms with van der Waals surface area (Å²) in [6, 6.07) is 5.84. The Hall–Kier alpha value is -1.95. The zero-order valence-electron chi connectivity index (χ0n) is 11.7. The van der Waals surface area contributed by atoms with E-state index in [1.807, 2.05) is 32.0 Å². The molecule has 0 radical (unpaired) electrons. The largest absolute Gasteiger partial charge is 0.354 e. The highest BCUT2D eigenvalue weighted by atomic mass is 32.1. The van der Waals surface area contributed by atoms with Crippen LogP contribution in [0.15, 0.2) is 18.2 Å². The van der Waals surface area contributed by atoms with E-state index >= 15 is 0 Å². The maximum atomic E-state index is 11.7. The van der Waals surface area contributed by atoms with Gasteiger partial charge in [-0.2, -0.15) is 0 Å². The van der Waals surface area contributed by atoms with Crippen molar-refractivity contribution in [2.24, 2.45) is 0 Å². The van der Waals surface area contributed by atoms with Crippen LogP contribution in [0.4, 0.5) is 5.13 Å². The monoisotopic (exact) mass is 291 g/mol. The van der Waals surface area contributed by atoms with E-state index < -0.39 is 0 Å². The Kier molecular flexibility index (Phi) is 4.34. The number of fused-ring (bicyclic) bond motifs is 1. The molecule has 0 fully saturated rings. The summed E-state index contributed by atoms with van der Waals surface area (Å²) in [6.07, 6.45) is 0.349. The first kappa shape index (κ1) is 14.5. The summed E-state index contributed by atoms with van der Waals surface area (Å²) in [7, 11) is 0. The predicted octanol–water partition coefficient (Wildman–Crippen LogP) is 2.32. The van der Waals surface area contributed by atoms with Crippen LogP contribution in [-0.4, -0.2) is 22.8 Å². The molecule has 6 heteroatoms. The lowest BCUT2D eigenvalue weighted by Gasteiger charge is -2.07. The van der Waals surface area contributed by atoms with Crippen LogP contribution < -0.4 is 10.6 Å². The summed E-state index contributed by atoms with van der Waals surface area (Å²) in [6.45, 7) is 5.32. The van der Waals surface area contributed by atoms with Gasteiger partial charge in [0.1, 0.15) is 0 Å². The molecule has 2 aromatic rings. The van der Waals surface area contributed by atoms with Crippen molar-refractivity contribution in [3.05, 3.63) is 23.8 Å². The minimum atomic E-state index is -0.138. The molecule has 20 heavy (non-hydrogen) atoms. The van der Waals surface area contributed by atoms with Crippen LogP contribution in [0.1, 0.15) is 26.3 Å². The molecule has 2 amide bonds. The lowest BCUT2D eigenvalue weighted by atomic mass is 10.1. The van der Waals surface area contributed by atoms with Gasteiger partial charge in [0.2, 0.25) is 11.8 Å². The molecule has 0 unspecified atom stereocenters. The molecule has 106 valence electrons. The van der Waals surface area contributed by atoms with Gasteiger partial charge in [0.25, 0.3) is 0 Å². The van der Waals surface area contributed by atoms with Crippen molar-refractivity contribution in [3.63, 3.8) is 0 Å². The van der Waals surface area contributed by atoms with Crippen molar-refractivity contribution in [3.8, 4) is 0 Å². The standard InChI is InChI=1S/C14H17N3O2S/c1-8(2)15-13(19)7-10-4-5-11-12(6-10)20-14(17-11)16-9(3)18/h4-6,8H,7H2,1-3H3,(H,15,19)(H,16,17,18). The Morgan fingerprint density at radius 3 is 2.75 bits per heavy atom. The highest BCUT2D eigenvalue weighted by Gasteiger charge is 2.09. The zero-order chi connectivity index (χ0) is 14.7. The van der Waals surface area contributed by atoms with Crippen LogP contribution in [0, 0.1) is 0 Å². The molecule has 1 heterocycles. The van der Waals surface area contributed by atoms with Crippen LogP contribution in [0.5, 0.6) is 0 Å². The summed E-state index contributed by atoms with van der Waals surface area (Å²) in [5.74, 6) is -0.133. The fraction of sp³-hybridized carbons (Fsp3) is 0.357. The topological polar surface area (TPSA) is 71.1 Å². The first-order valence-electron chi connectivity index (χ1n) is 6.40. The Balaban J connectivity index is 2.16. The number of thiazole rings is 1. The second kappa shape index (κ2) is 6.00. The Labute approximate surface area is 121 Å². The Morgan fingerprint density at radius 1 is 1.35 bits per heavy atom. The minimum absolute atomic E-state index is 0.00551. The number of nitrogens with one attached hydrogen (secondary N) is 2. The molecular weight excluding hydrogens is 274 g/mol. The van der Waals surface area contributed by atoms with Crippen LogP contribution in [0.2, 0.25) is 0 Å². The van der Waals surface area contributed by atoms with Crippen LogP contribution in [-0.2, 0) is 16.0 Å². The molecule has 0 bridgehead atoms. The number of rotatable bonds is 4. The van der Waals surface area contributed by atoms with Gasteiger partial charge in [-0.1, -0.05) is 17.4 Å². The van der Waals surface area contributed by atoms with Crippen molar-refractivity contribution in [1.29, 1.82) is 0 Å². The number of hydrogen-bond acceptors (Lipinski definition) is 4. The third-order valence-corrected chi connectivity index (χ3v) is 3.48. The molecule has 1 aromatic carbocycles. The van der Waals surface area contributed by atoms with Crippen LogP contribution in [0.3, 0.4) is 0 Å². The number of benzene rings is 1. The third-order valence-electron chi connectivity index (χ3n) is 2.55. The Morgan fingerprint density at radius 2 is 2.10 bits per heavy atom. The number of nitrogens with zero attached hydrogens (tertiary/aromatic N) is 1. The summed E-state index contributed by atoms with van der Waals surface area (Å²) >= 11 is 1.41. The highest BCUT2D eigenvalue weighted by Crippen LogP contribution is 2.26. The molecule has 0 saturated heterocycles. The highest BCUT2D eigenvalue weighted by molar-refractivity contribution is 7.22. The quantitative estimate of drug-likeness (QED) is 0.908. The van der Waals surface area contributed by atoms with Gasteiger partial charge in [0.05, 0.1) is 16.6 Å². The molecular formula is C14H17N3O2S. The zero-order valence-corrected chi connectivity index (χ0v) is 12.5. The van der Waals surface area contributed by atoms with Gasteiger partial charge < -0.3 is 10.6 Å². The smallest absolute Gasteiger partial charge is 0.224 e. The van der Waals surface area contributed by atoms with E-state index in [9.17, 15) is 9.59 Å². The molecule has 2 rings (SSSR count). The maximum Gasteiger partial charge on any atom is 0.224 e. The molecule has 0 aliphatic rings. The number of anilines is 1. The minimum Gasteiger partial charge on any atom is -0.354 e. The van der Waals surface area contributed by atoms with E-state index in [4.69, 9.17) is 0 Å². The number of aromatic nitrogens is 1. The molecule has 0 spiro atoms. The van der Waals surface area contributed by atoms with Crippen molar-refractivity contribution >= 4 is 38.5 Å². The average Bonchev–Trinajstić information content (AvgIpc) is 2.67. The van der Waals surface area contributed by atoms with Gasteiger partial charge >= 0.3 is 0 Å². The average molecular weight is 291 g/mol. The van der Waals surface area contributed by atoms with E-state index in [1.165, 1.54) is 18.3 Å². The number of carbonyl (C=O) groups excluding carboxylic acids is 2. The van der Waals surface area contributed by atoms with Crippen molar-refractivity contribution in [1.82, 2.24) is 10.3 Å². The van der Waals surface area contributed by atoms with Gasteiger partial charge in [0, 0.05) is 13.0 Å². The lowest BCUT2D eigenvalue weighted by Crippen LogP contribution is -2.31. The summed E-state index contributed by atoms with van der Waals surface area (Å²) in [5, 5.41) is 6.11. The molecule has 0 atom stereocenters. The van der Waals surface area contributed by atoms with E-state index in [2.05, 4.69) is 15.6 Å². The molecule has 1 aromatic heterocycles. The number of hydrogen-bond donors (Lipinski definition) is 2. The first-order chi connectivity index (χ1) is 9.44. The Bertz CT molecular complexity index is 649. The number of carbonyl (C=O) groups is 2. The molecule has 0 aliphatic carbocycles. The van der Waals surface area contributed by atoms with Crippen molar-refractivity contribution < 1.29 is 9.59 Å².